The third kappa shape index (κ3) is 5.23. The van der Waals surface area contributed by atoms with E-state index in [4.69, 9.17) is 14.2 Å². The van der Waals surface area contributed by atoms with Crippen LogP contribution in [0.3, 0.4) is 0 Å². The molecule has 0 fully saturated rings. The molecule has 1 heterocycles. The number of amides is 1. The molecule has 0 aliphatic carbocycles. The van der Waals surface area contributed by atoms with Crippen molar-refractivity contribution in [3.05, 3.63) is 66.2 Å². The fraction of sp³-hybridized carbons (Fsp3) is 0.240. The zero-order valence-electron chi connectivity index (χ0n) is 18.9. The minimum atomic E-state index is -0.268. The first kappa shape index (κ1) is 22.1. The van der Waals surface area contributed by atoms with Crippen LogP contribution in [-0.4, -0.2) is 40.7 Å². The van der Waals surface area contributed by atoms with Crippen LogP contribution in [0.2, 0.25) is 0 Å². The Morgan fingerprint density at radius 1 is 0.758 bits per heavy atom. The topological polar surface area (TPSA) is 87.5 Å². The van der Waals surface area contributed by atoms with Gasteiger partial charge in [0.05, 0.1) is 25.5 Å². The summed E-state index contributed by atoms with van der Waals surface area (Å²) in [5.41, 5.74) is 3.27. The summed E-state index contributed by atoms with van der Waals surface area (Å²) in [6, 6.07) is 18.1. The normalized spacial score (nSPS) is 10.8. The number of fused-ring (bicyclic) bond motifs is 1. The number of nitrogens with one attached hydrogen (secondary N) is 1. The van der Waals surface area contributed by atoms with Crippen LogP contribution in [0.25, 0.3) is 16.7 Å². The highest BCUT2D eigenvalue weighted by Gasteiger charge is 2.12. The first-order valence-electron chi connectivity index (χ1n) is 10.9. The lowest BCUT2D eigenvalue weighted by molar-refractivity contribution is 0.102. The second-order valence-corrected chi connectivity index (χ2v) is 7.13. The molecule has 4 rings (SSSR count). The highest BCUT2D eigenvalue weighted by atomic mass is 16.5. The maximum Gasteiger partial charge on any atom is 0.255 e. The fourth-order valence-corrected chi connectivity index (χ4v) is 3.36. The van der Waals surface area contributed by atoms with Gasteiger partial charge >= 0.3 is 0 Å². The quantitative estimate of drug-likeness (QED) is 0.395. The first-order valence-corrected chi connectivity index (χ1v) is 10.9. The lowest BCUT2D eigenvalue weighted by Crippen LogP contribution is -2.12. The summed E-state index contributed by atoms with van der Waals surface area (Å²) >= 11 is 0. The first-order chi connectivity index (χ1) is 16.1. The maximum absolute atomic E-state index is 12.9. The molecular formula is C25H26N4O4. The Hall–Kier alpha value is -4.07. The number of carbonyl (C=O) groups is 1. The van der Waals surface area contributed by atoms with Gasteiger partial charge in [-0.2, -0.15) is 4.80 Å². The molecule has 0 aliphatic rings. The van der Waals surface area contributed by atoms with Crippen LogP contribution in [0.5, 0.6) is 17.2 Å². The highest BCUT2D eigenvalue weighted by Crippen LogP contribution is 2.25. The van der Waals surface area contributed by atoms with Gasteiger partial charge in [0.25, 0.3) is 5.91 Å². The third-order valence-electron chi connectivity index (χ3n) is 4.78. The molecule has 33 heavy (non-hydrogen) atoms. The summed E-state index contributed by atoms with van der Waals surface area (Å²) < 4.78 is 16.6. The largest absolute Gasteiger partial charge is 0.494 e. The lowest BCUT2D eigenvalue weighted by atomic mass is 10.1. The second-order valence-electron chi connectivity index (χ2n) is 7.13. The van der Waals surface area contributed by atoms with E-state index < -0.39 is 0 Å². The van der Waals surface area contributed by atoms with Crippen molar-refractivity contribution in [2.45, 2.75) is 20.8 Å². The molecule has 0 saturated heterocycles. The van der Waals surface area contributed by atoms with Crippen molar-refractivity contribution in [3.63, 3.8) is 0 Å². The summed E-state index contributed by atoms with van der Waals surface area (Å²) in [4.78, 5) is 14.5. The number of hydrogen-bond donors (Lipinski definition) is 1. The van der Waals surface area contributed by atoms with Gasteiger partial charge in [0.1, 0.15) is 28.3 Å². The molecule has 8 heteroatoms. The maximum atomic E-state index is 12.9. The summed E-state index contributed by atoms with van der Waals surface area (Å²) in [7, 11) is 0. The molecule has 0 atom stereocenters. The zero-order chi connectivity index (χ0) is 23.2. The molecular weight excluding hydrogens is 420 g/mol. The Labute approximate surface area is 192 Å². The fourth-order valence-electron chi connectivity index (χ4n) is 3.36. The summed E-state index contributed by atoms with van der Waals surface area (Å²) in [5.74, 6) is 1.70. The van der Waals surface area contributed by atoms with E-state index in [1.807, 2.05) is 51.1 Å². The number of anilines is 1. The lowest BCUT2D eigenvalue weighted by Gasteiger charge is -2.11. The van der Waals surface area contributed by atoms with Crippen LogP contribution >= 0.6 is 0 Å². The van der Waals surface area contributed by atoms with Crippen LogP contribution < -0.4 is 19.5 Å². The highest BCUT2D eigenvalue weighted by molar-refractivity contribution is 6.05. The predicted octanol–water partition coefficient (Wildman–Crippen LogP) is 4.87. The van der Waals surface area contributed by atoms with E-state index in [-0.39, 0.29) is 5.91 Å². The monoisotopic (exact) mass is 446 g/mol. The van der Waals surface area contributed by atoms with E-state index in [2.05, 4.69) is 15.5 Å². The molecule has 1 aromatic heterocycles. The molecule has 8 nitrogen and oxygen atoms in total. The van der Waals surface area contributed by atoms with Crippen LogP contribution in [0.1, 0.15) is 31.1 Å². The van der Waals surface area contributed by atoms with Gasteiger partial charge in [-0.05, 0) is 75.4 Å². The number of benzene rings is 3. The van der Waals surface area contributed by atoms with Gasteiger partial charge in [-0.1, -0.05) is 0 Å². The minimum absolute atomic E-state index is 0.268. The number of rotatable bonds is 9. The number of aromatic nitrogens is 3. The number of nitrogens with zero attached hydrogens (tertiary/aromatic N) is 3. The summed E-state index contributed by atoms with van der Waals surface area (Å²) in [5, 5.41) is 12.0. The molecule has 1 amide bonds. The van der Waals surface area contributed by atoms with E-state index >= 15 is 0 Å². The molecule has 0 aliphatic heterocycles. The number of hydrogen-bond acceptors (Lipinski definition) is 6. The van der Waals surface area contributed by atoms with Crippen LogP contribution in [0, 0.1) is 0 Å². The molecule has 3 aromatic carbocycles. The Balaban J connectivity index is 1.55. The average Bonchev–Trinajstić information content (AvgIpc) is 3.23. The predicted molar refractivity (Wildman–Crippen MR) is 127 cm³/mol. The molecule has 0 unspecified atom stereocenters. The van der Waals surface area contributed by atoms with Gasteiger partial charge in [-0.3, -0.25) is 4.79 Å². The van der Waals surface area contributed by atoms with Gasteiger partial charge in [-0.15, -0.1) is 10.2 Å². The molecule has 0 radical (unpaired) electrons. The number of carbonyl (C=O) groups excluding carboxylic acids is 1. The Kier molecular flexibility index (Phi) is 6.73. The molecule has 0 bridgehead atoms. The van der Waals surface area contributed by atoms with Gasteiger partial charge in [0.2, 0.25) is 0 Å². The van der Waals surface area contributed by atoms with Crippen LogP contribution in [0.4, 0.5) is 5.69 Å². The van der Waals surface area contributed by atoms with Gasteiger partial charge < -0.3 is 19.5 Å². The van der Waals surface area contributed by atoms with Crippen molar-refractivity contribution in [2.24, 2.45) is 0 Å². The van der Waals surface area contributed by atoms with Gasteiger partial charge in [-0.25, -0.2) is 0 Å². The Morgan fingerprint density at radius 2 is 1.36 bits per heavy atom. The third-order valence-corrected chi connectivity index (χ3v) is 4.78. The Morgan fingerprint density at radius 3 is 2.00 bits per heavy atom. The minimum Gasteiger partial charge on any atom is -0.494 e. The molecule has 0 spiro atoms. The number of ether oxygens (including phenoxy) is 3. The summed E-state index contributed by atoms with van der Waals surface area (Å²) in [6.45, 7) is 7.33. The van der Waals surface area contributed by atoms with Gasteiger partial charge in [0.15, 0.2) is 0 Å². The van der Waals surface area contributed by atoms with E-state index in [1.165, 1.54) is 0 Å². The van der Waals surface area contributed by atoms with E-state index in [0.717, 1.165) is 17.0 Å². The Bertz CT molecular complexity index is 1230. The standard InChI is InChI=1S/C25H26N4O4/c1-4-31-20-10-8-19(9-11-20)29-27-23-12-7-18(15-24(23)28-29)26-25(30)17-13-21(32-5-2)16-22(14-17)33-6-3/h7-16H,4-6H2,1-3H3,(H,26,30). The van der Waals surface area contributed by atoms with Crippen LogP contribution in [0.15, 0.2) is 60.7 Å². The molecule has 170 valence electrons. The molecule has 4 aromatic rings. The smallest absolute Gasteiger partial charge is 0.255 e. The van der Waals surface area contributed by atoms with Crippen molar-refractivity contribution in [2.75, 3.05) is 25.1 Å². The van der Waals surface area contributed by atoms with Crippen molar-refractivity contribution in [1.29, 1.82) is 0 Å². The van der Waals surface area contributed by atoms with E-state index in [0.29, 0.717) is 48.1 Å². The van der Waals surface area contributed by atoms with Crippen molar-refractivity contribution in [1.82, 2.24) is 15.0 Å². The average molecular weight is 447 g/mol. The van der Waals surface area contributed by atoms with Crippen molar-refractivity contribution >= 4 is 22.6 Å². The van der Waals surface area contributed by atoms with Crippen LogP contribution in [-0.2, 0) is 0 Å². The SMILES string of the molecule is CCOc1ccc(-n2nc3ccc(NC(=O)c4cc(OCC)cc(OCC)c4)cc3n2)cc1. The second kappa shape index (κ2) is 10.0. The van der Waals surface area contributed by atoms with E-state index in [9.17, 15) is 4.79 Å². The molecule has 0 saturated carbocycles. The van der Waals surface area contributed by atoms with Crippen molar-refractivity contribution in [3.8, 4) is 22.9 Å². The summed E-state index contributed by atoms with van der Waals surface area (Å²) in [6.07, 6.45) is 0. The van der Waals surface area contributed by atoms with Crippen molar-refractivity contribution < 1.29 is 19.0 Å². The van der Waals surface area contributed by atoms with Gasteiger partial charge in [0, 0.05) is 17.3 Å². The van der Waals surface area contributed by atoms with E-state index in [1.54, 1.807) is 35.1 Å². The zero-order valence-corrected chi connectivity index (χ0v) is 18.9. The molecule has 1 N–H and O–H groups in total.